The first-order valence-corrected chi connectivity index (χ1v) is 6.97. The summed E-state index contributed by atoms with van der Waals surface area (Å²) in [5, 5.41) is 4.20. The van der Waals surface area contributed by atoms with E-state index in [2.05, 4.69) is 30.4 Å². The van der Waals surface area contributed by atoms with E-state index in [4.69, 9.17) is 0 Å². The van der Waals surface area contributed by atoms with Crippen molar-refractivity contribution in [1.82, 2.24) is 10.2 Å². The lowest BCUT2D eigenvalue weighted by atomic mass is 10.1. The average molecular weight is 216 g/mol. The maximum Gasteiger partial charge on any atom is 0.0192 e. The minimum Gasteiger partial charge on any atom is -0.316 e. The van der Waals surface area contributed by atoms with Crippen LogP contribution in [0.5, 0.6) is 0 Å². The minimum atomic E-state index is 0.730. The van der Waals surface area contributed by atoms with Gasteiger partial charge in [-0.1, -0.05) is 6.92 Å². The number of piperidine rings is 1. The van der Waals surface area contributed by atoms with E-state index in [0.717, 1.165) is 11.3 Å². The molecule has 1 saturated heterocycles. The van der Waals surface area contributed by atoms with Crippen LogP contribution >= 0.6 is 11.8 Å². The third-order valence-corrected chi connectivity index (χ3v) is 4.21. The highest BCUT2D eigenvalue weighted by atomic mass is 32.2. The molecule has 0 spiro atoms. The molecule has 2 atom stereocenters. The van der Waals surface area contributed by atoms with Crippen molar-refractivity contribution < 1.29 is 0 Å². The Bertz CT molecular complexity index is 152. The van der Waals surface area contributed by atoms with Crippen LogP contribution in [0.4, 0.5) is 0 Å². The van der Waals surface area contributed by atoms with Crippen molar-refractivity contribution in [3.8, 4) is 0 Å². The fourth-order valence-electron chi connectivity index (χ4n) is 1.98. The normalized spacial score (nSPS) is 26.4. The number of likely N-dealkylation sites (tertiary alicyclic amines) is 1. The number of nitrogens with zero attached hydrogens (tertiary/aromatic N) is 1. The van der Waals surface area contributed by atoms with E-state index in [1.165, 1.54) is 38.9 Å². The molecule has 84 valence electrons. The van der Waals surface area contributed by atoms with Crippen molar-refractivity contribution in [1.29, 1.82) is 0 Å². The van der Waals surface area contributed by atoms with E-state index >= 15 is 0 Å². The summed E-state index contributed by atoms with van der Waals surface area (Å²) >= 11 is 1.98. The van der Waals surface area contributed by atoms with E-state index in [1.54, 1.807) is 0 Å². The molecule has 1 heterocycles. The summed E-state index contributed by atoms with van der Waals surface area (Å²) in [7, 11) is 2.08. The summed E-state index contributed by atoms with van der Waals surface area (Å²) in [4.78, 5) is 2.61. The number of thioether (sulfide) groups is 1. The van der Waals surface area contributed by atoms with Gasteiger partial charge in [0.25, 0.3) is 0 Å². The van der Waals surface area contributed by atoms with Crippen molar-refractivity contribution in [3.05, 3.63) is 0 Å². The zero-order chi connectivity index (χ0) is 10.4. The molecule has 1 fully saturated rings. The second-order valence-electron chi connectivity index (χ2n) is 4.26. The van der Waals surface area contributed by atoms with Gasteiger partial charge in [0, 0.05) is 17.8 Å². The van der Waals surface area contributed by atoms with Crippen LogP contribution in [-0.2, 0) is 0 Å². The number of nitrogens with one attached hydrogen (secondary N) is 1. The zero-order valence-electron chi connectivity index (χ0n) is 9.75. The molecule has 0 bridgehead atoms. The Morgan fingerprint density at radius 1 is 1.57 bits per heavy atom. The Morgan fingerprint density at radius 2 is 2.36 bits per heavy atom. The second kappa shape index (κ2) is 6.70. The molecule has 0 aromatic carbocycles. The Kier molecular flexibility index (Phi) is 5.90. The number of hydrogen-bond acceptors (Lipinski definition) is 3. The monoisotopic (exact) mass is 216 g/mol. The first-order valence-electron chi connectivity index (χ1n) is 5.68. The molecule has 2 nitrogen and oxygen atoms in total. The van der Waals surface area contributed by atoms with Crippen LogP contribution in [0.3, 0.4) is 0 Å². The van der Waals surface area contributed by atoms with Crippen molar-refractivity contribution in [2.75, 3.05) is 32.9 Å². The van der Waals surface area contributed by atoms with Gasteiger partial charge in [0.2, 0.25) is 0 Å². The van der Waals surface area contributed by atoms with Crippen molar-refractivity contribution in [2.45, 2.75) is 37.5 Å². The van der Waals surface area contributed by atoms with Crippen LogP contribution < -0.4 is 5.32 Å². The molecular formula is C11H24N2S. The number of hydrogen-bond donors (Lipinski definition) is 1. The lowest BCUT2D eigenvalue weighted by Gasteiger charge is -2.32. The summed E-state index contributed by atoms with van der Waals surface area (Å²) in [5.74, 6) is 0. The smallest absolute Gasteiger partial charge is 0.0192 e. The SMILES string of the molecule is CNC1CCCN(CCC(C)SC)C1. The molecule has 2 unspecified atom stereocenters. The largest absolute Gasteiger partial charge is 0.316 e. The fraction of sp³-hybridized carbons (Fsp3) is 1.00. The van der Waals surface area contributed by atoms with E-state index in [0.29, 0.717) is 0 Å². The molecule has 0 aromatic heterocycles. The molecule has 14 heavy (non-hydrogen) atoms. The zero-order valence-corrected chi connectivity index (χ0v) is 10.6. The van der Waals surface area contributed by atoms with Gasteiger partial charge < -0.3 is 10.2 Å². The number of likely N-dealkylation sites (N-methyl/N-ethyl adjacent to an activating group) is 1. The van der Waals surface area contributed by atoms with Gasteiger partial charge in [-0.3, -0.25) is 0 Å². The summed E-state index contributed by atoms with van der Waals surface area (Å²) < 4.78 is 0. The third kappa shape index (κ3) is 4.20. The Hall–Kier alpha value is 0.270. The van der Waals surface area contributed by atoms with Crippen LogP contribution in [0, 0.1) is 0 Å². The van der Waals surface area contributed by atoms with Crippen LogP contribution in [0.15, 0.2) is 0 Å². The summed E-state index contributed by atoms with van der Waals surface area (Å²) in [6.07, 6.45) is 6.25. The molecule has 3 heteroatoms. The molecule has 0 saturated carbocycles. The predicted molar refractivity (Wildman–Crippen MR) is 66.1 cm³/mol. The van der Waals surface area contributed by atoms with Crippen molar-refractivity contribution in [3.63, 3.8) is 0 Å². The average Bonchev–Trinajstić information content (AvgIpc) is 2.26. The molecule has 0 amide bonds. The Balaban J connectivity index is 2.17. The third-order valence-electron chi connectivity index (χ3n) is 3.17. The molecule has 0 aliphatic carbocycles. The van der Waals surface area contributed by atoms with Gasteiger partial charge in [-0.2, -0.15) is 11.8 Å². The standard InChI is InChI=1S/C11H24N2S/c1-10(14-3)6-8-13-7-4-5-11(9-13)12-2/h10-12H,4-9H2,1-3H3. The van der Waals surface area contributed by atoms with Gasteiger partial charge in [0.1, 0.15) is 0 Å². The van der Waals surface area contributed by atoms with Gasteiger partial charge in [-0.15, -0.1) is 0 Å². The lowest BCUT2D eigenvalue weighted by Crippen LogP contribution is -2.44. The van der Waals surface area contributed by atoms with Crippen molar-refractivity contribution >= 4 is 11.8 Å². The maximum atomic E-state index is 3.39. The molecule has 0 radical (unpaired) electrons. The van der Waals surface area contributed by atoms with E-state index < -0.39 is 0 Å². The minimum absolute atomic E-state index is 0.730. The van der Waals surface area contributed by atoms with Gasteiger partial charge >= 0.3 is 0 Å². The van der Waals surface area contributed by atoms with Crippen LogP contribution in [0.25, 0.3) is 0 Å². The van der Waals surface area contributed by atoms with Crippen LogP contribution in [0.2, 0.25) is 0 Å². The molecule has 1 aliphatic rings. The number of rotatable bonds is 5. The summed E-state index contributed by atoms with van der Waals surface area (Å²) in [5.41, 5.74) is 0. The topological polar surface area (TPSA) is 15.3 Å². The van der Waals surface area contributed by atoms with E-state index in [9.17, 15) is 0 Å². The Labute approximate surface area is 92.8 Å². The molecule has 1 aliphatic heterocycles. The first kappa shape index (κ1) is 12.3. The predicted octanol–water partition coefficient (Wildman–Crippen LogP) is 1.81. The van der Waals surface area contributed by atoms with Crippen molar-refractivity contribution in [2.24, 2.45) is 0 Å². The van der Waals surface area contributed by atoms with E-state index in [-0.39, 0.29) is 0 Å². The maximum absolute atomic E-state index is 3.39. The molecule has 0 aromatic rings. The lowest BCUT2D eigenvalue weighted by molar-refractivity contribution is 0.193. The fourth-order valence-corrected chi connectivity index (χ4v) is 2.32. The van der Waals surface area contributed by atoms with Gasteiger partial charge in [0.05, 0.1) is 0 Å². The second-order valence-corrected chi connectivity index (χ2v) is 5.54. The summed E-state index contributed by atoms with van der Waals surface area (Å²) in [6, 6.07) is 0.730. The quantitative estimate of drug-likeness (QED) is 0.754. The Morgan fingerprint density at radius 3 is 3.00 bits per heavy atom. The van der Waals surface area contributed by atoms with Crippen LogP contribution in [0.1, 0.15) is 26.2 Å². The molecule has 1 N–H and O–H groups in total. The van der Waals surface area contributed by atoms with E-state index in [1.807, 2.05) is 11.8 Å². The first-order chi connectivity index (χ1) is 6.76. The highest BCUT2D eigenvalue weighted by molar-refractivity contribution is 7.99. The highest BCUT2D eigenvalue weighted by Crippen LogP contribution is 2.14. The molecule has 1 rings (SSSR count). The molecular weight excluding hydrogens is 192 g/mol. The van der Waals surface area contributed by atoms with Gasteiger partial charge in [0.15, 0.2) is 0 Å². The summed E-state index contributed by atoms with van der Waals surface area (Å²) in [6.45, 7) is 6.15. The van der Waals surface area contributed by atoms with Gasteiger partial charge in [-0.25, -0.2) is 0 Å². The van der Waals surface area contributed by atoms with Crippen LogP contribution in [-0.4, -0.2) is 49.1 Å². The van der Waals surface area contributed by atoms with Gasteiger partial charge in [-0.05, 0) is 45.7 Å². The highest BCUT2D eigenvalue weighted by Gasteiger charge is 2.18.